The van der Waals surface area contributed by atoms with Gasteiger partial charge in [0.1, 0.15) is 12.4 Å². The number of carbonyl (C=O) groups excluding carboxylic acids is 1. The van der Waals surface area contributed by atoms with E-state index in [1.807, 2.05) is 43.3 Å². The van der Waals surface area contributed by atoms with Crippen LogP contribution in [0.5, 0.6) is 0 Å². The number of para-hydroxylation sites is 1. The highest BCUT2D eigenvalue weighted by Gasteiger charge is 2.20. The molecule has 1 N–H and O–H groups in total. The van der Waals surface area contributed by atoms with E-state index in [-0.39, 0.29) is 24.1 Å². The third kappa shape index (κ3) is 3.35. The van der Waals surface area contributed by atoms with Crippen LogP contribution in [0.25, 0.3) is 10.9 Å². The highest BCUT2D eigenvalue weighted by atomic mass is 16.5. The Morgan fingerprint density at radius 3 is 2.58 bits per heavy atom. The molecule has 0 radical (unpaired) electrons. The number of rotatable bonds is 5. The fourth-order valence-electron chi connectivity index (χ4n) is 2.67. The number of fused-ring (bicyclic) bond motifs is 1. The Bertz CT molecular complexity index is 903. The maximum atomic E-state index is 12.4. The molecule has 1 aromatic heterocycles. The van der Waals surface area contributed by atoms with E-state index in [9.17, 15) is 9.59 Å². The van der Waals surface area contributed by atoms with Crippen molar-refractivity contribution >= 4 is 16.9 Å². The van der Waals surface area contributed by atoms with Crippen LogP contribution >= 0.6 is 0 Å². The monoisotopic (exact) mass is 322 g/mol. The van der Waals surface area contributed by atoms with Crippen molar-refractivity contribution in [2.24, 2.45) is 0 Å². The van der Waals surface area contributed by atoms with Crippen LogP contribution in [0.2, 0.25) is 0 Å². The van der Waals surface area contributed by atoms with Crippen molar-refractivity contribution in [1.29, 1.82) is 0 Å². The molecule has 0 saturated carbocycles. The van der Waals surface area contributed by atoms with Gasteiger partial charge in [0.25, 0.3) is 5.56 Å². The van der Waals surface area contributed by atoms with Gasteiger partial charge in [-0.25, -0.2) is 4.98 Å². The van der Waals surface area contributed by atoms with Crippen molar-refractivity contribution in [2.75, 3.05) is 0 Å². The van der Waals surface area contributed by atoms with Gasteiger partial charge in [-0.15, -0.1) is 0 Å². The normalized spacial score (nSPS) is 12.0. The van der Waals surface area contributed by atoms with Crippen molar-refractivity contribution in [3.8, 4) is 0 Å². The number of hydrogen-bond acceptors (Lipinski definition) is 4. The van der Waals surface area contributed by atoms with Gasteiger partial charge in [0.05, 0.1) is 16.8 Å². The van der Waals surface area contributed by atoms with Gasteiger partial charge in [0.2, 0.25) is 0 Å². The first-order chi connectivity index (χ1) is 11.7. The average Bonchev–Trinajstić information content (AvgIpc) is 2.61. The summed E-state index contributed by atoms with van der Waals surface area (Å²) in [5.74, 6) is -0.298. The molecule has 2 aromatic carbocycles. The summed E-state index contributed by atoms with van der Waals surface area (Å²) < 4.78 is 5.37. The van der Waals surface area contributed by atoms with E-state index in [0.29, 0.717) is 23.1 Å². The zero-order valence-electron chi connectivity index (χ0n) is 13.4. The number of nitrogens with one attached hydrogen (secondary N) is 1. The van der Waals surface area contributed by atoms with E-state index in [1.165, 1.54) is 0 Å². The highest BCUT2D eigenvalue weighted by molar-refractivity contribution is 5.78. The van der Waals surface area contributed by atoms with Gasteiger partial charge in [-0.2, -0.15) is 0 Å². The van der Waals surface area contributed by atoms with Gasteiger partial charge in [-0.05, 0) is 24.1 Å². The molecular formula is C19H18N2O3. The molecule has 0 amide bonds. The number of nitrogens with zero attached hydrogens (tertiary/aromatic N) is 1. The van der Waals surface area contributed by atoms with Crippen LogP contribution in [-0.2, 0) is 16.1 Å². The van der Waals surface area contributed by atoms with Crippen LogP contribution in [0.4, 0.5) is 0 Å². The number of carbonyl (C=O) groups is 1. The fraction of sp³-hybridized carbons (Fsp3) is 0.211. The molecule has 5 heteroatoms. The van der Waals surface area contributed by atoms with E-state index in [1.54, 1.807) is 18.2 Å². The quantitative estimate of drug-likeness (QED) is 0.732. The average molecular weight is 322 g/mol. The SMILES string of the molecule is CC[C@@H](C(=O)OCc1nc2ccccc2c(=O)[nH]1)c1ccccc1. The molecule has 122 valence electrons. The minimum atomic E-state index is -0.321. The molecule has 1 heterocycles. The Kier molecular flexibility index (Phi) is 4.70. The summed E-state index contributed by atoms with van der Waals surface area (Å²) in [6.45, 7) is 1.89. The lowest BCUT2D eigenvalue weighted by molar-refractivity contribution is -0.147. The number of ether oxygens (including phenoxy) is 1. The van der Waals surface area contributed by atoms with Crippen molar-refractivity contribution in [1.82, 2.24) is 9.97 Å². The second-order valence-corrected chi connectivity index (χ2v) is 5.51. The summed E-state index contributed by atoms with van der Waals surface area (Å²) >= 11 is 0. The van der Waals surface area contributed by atoms with Crippen LogP contribution in [0.15, 0.2) is 59.4 Å². The van der Waals surface area contributed by atoms with E-state index >= 15 is 0 Å². The van der Waals surface area contributed by atoms with Gasteiger partial charge in [0, 0.05) is 0 Å². The van der Waals surface area contributed by atoms with Gasteiger partial charge < -0.3 is 9.72 Å². The molecule has 0 aliphatic carbocycles. The van der Waals surface area contributed by atoms with Crippen molar-refractivity contribution in [3.05, 3.63) is 76.3 Å². The number of aromatic amines is 1. The number of benzene rings is 2. The molecule has 24 heavy (non-hydrogen) atoms. The Labute approximate surface area is 139 Å². The summed E-state index contributed by atoms with van der Waals surface area (Å²) in [6, 6.07) is 16.6. The Hall–Kier alpha value is -2.95. The molecule has 0 aliphatic heterocycles. The predicted octanol–water partition coefficient (Wildman–Crippen LogP) is 3.16. The second-order valence-electron chi connectivity index (χ2n) is 5.51. The summed E-state index contributed by atoms with van der Waals surface area (Å²) in [7, 11) is 0. The Balaban J connectivity index is 1.75. The molecule has 0 fully saturated rings. The Morgan fingerprint density at radius 2 is 1.83 bits per heavy atom. The highest BCUT2D eigenvalue weighted by Crippen LogP contribution is 2.21. The van der Waals surface area contributed by atoms with Crippen molar-refractivity contribution < 1.29 is 9.53 Å². The van der Waals surface area contributed by atoms with Crippen LogP contribution in [0, 0.1) is 0 Å². The van der Waals surface area contributed by atoms with Crippen molar-refractivity contribution in [3.63, 3.8) is 0 Å². The molecule has 3 aromatic rings. The van der Waals surface area contributed by atoms with Gasteiger partial charge in [-0.1, -0.05) is 49.4 Å². The van der Waals surface area contributed by atoms with Crippen LogP contribution in [0.3, 0.4) is 0 Å². The Morgan fingerprint density at radius 1 is 1.12 bits per heavy atom. The zero-order valence-corrected chi connectivity index (χ0v) is 13.4. The van der Waals surface area contributed by atoms with Gasteiger partial charge in [0.15, 0.2) is 0 Å². The third-order valence-electron chi connectivity index (χ3n) is 3.91. The minimum absolute atomic E-state index is 0.0533. The van der Waals surface area contributed by atoms with E-state index < -0.39 is 0 Å². The molecule has 5 nitrogen and oxygen atoms in total. The number of esters is 1. The van der Waals surface area contributed by atoms with Gasteiger partial charge in [-0.3, -0.25) is 9.59 Å². The fourth-order valence-corrected chi connectivity index (χ4v) is 2.67. The molecule has 0 saturated heterocycles. The first kappa shape index (κ1) is 15.9. The predicted molar refractivity (Wildman–Crippen MR) is 91.6 cm³/mol. The van der Waals surface area contributed by atoms with Crippen molar-refractivity contribution in [2.45, 2.75) is 25.9 Å². The summed E-state index contributed by atoms with van der Waals surface area (Å²) in [5.41, 5.74) is 1.27. The van der Waals surface area contributed by atoms with Gasteiger partial charge >= 0.3 is 5.97 Å². The van der Waals surface area contributed by atoms with Crippen LogP contribution in [-0.4, -0.2) is 15.9 Å². The molecule has 0 spiro atoms. The number of hydrogen-bond donors (Lipinski definition) is 1. The molecule has 1 atom stereocenters. The lowest BCUT2D eigenvalue weighted by atomic mass is 9.97. The topological polar surface area (TPSA) is 72.0 Å². The van der Waals surface area contributed by atoms with E-state index in [0.717, 1.165) is 5.56 Å². The minimum Gasteiger partial charge on any atom is -0.457 e. The molecule has 3 rings (SSSR count). The zero-order chi connectivity index (χ0) is 16.9. The summed E-state index contributed by atoms with van der Waals surface area (Å²) in [6.07, 6.45) is 0.643. The number of aromatic nitrogens is 2. The standard InChI is InChI=1S/C19H18N2O3/c1-2-14(13-8-4-3-5-9-13)19(23)24-12-17-20-16-11-7-6-10-15(16)18(22)21-17/h3-11,14H,2,12H2,1H3,(H,20,21,22)/t14-/m1/s1. The first-order valence-electron chi connectivity index (χ1n) is 7.88. The maximum Gasteiger partial charge on any atom is 0.313 e. The second kappa shape index (κ2) is 7.08. The summed E-state index contributed by atoms with van der Waals surface area (Å²) in [4.78, 5) is 31.4. The lowest BCUT2D eigenvalue weighted by Gasteiger charge is -2.14. The number of H-pyrrole nitrogens is 1. The maximum absolute atomic E-state index is 12.4. The molecule has 0 bridgehead atoms. The lowest BCUT2D eigenvalue weighted by Crippen LogP contribution is -2.18. The largest absolute Gasteiger partial charge is 0.457 e. The molecule has 0 aliphatic rings. The van der Waals surface area contributed by atoms with E-state index in [2.05, 4.69) is 9.97 Å². The van der Waals surface area contributed by atoms with E-state index in [4.69, 9.17) is 4.74 Å². The summed E-state index contributed by atoms with van der Waals surface area (Å²) in [5, 5.41) is 0.517. The smallest absolute Gasteiger partial charge is 0.313 e. The van der Waals surface area contributed by atoms with Crippen LogP contribution in [0.1, 0.15) is 30.7 Å². The molecule has 0 unspecified atom stereocenters. The first-order valence-corrected chi connectivity index (χ1v) is 7.88. The molecular weight excluding hydrogens is 304 g/mol. The third-order valence-corrected chi connectivity index (χ3v) is 3.91. The van der Waals surface area contributed by atoms with Crippen LogP contribution < -0.4 is 5.56 Å².